The van der Waals surface area contributed by atoms with Gasteiger partial charge >= 0.3 is 0 Å². The highest BCUT2D eigenvalue weighted by Crippen LogP contribution is 2.25. The Kier molecular flexibility index (Phi) is 6.09. The fourth-order valence-corrected chi connectivity index (χ4v) is 3.19. The van der Waals surface area contributed by atoms with E-state index >= 15 is 0 Å². The first-order valence-corrected chi connectivity index (χ1v) is 8.56. The molecule has 0 aromatic heterocycles. The summed E-state index contributed by atoms with van der Waals surface area (Å²) in [5.74, 6) is 5.24. The van der Waals surface area contributed by atoms with Gasteiger partial charge in [-0.1, -0.05) is 44.2 Å². The first-order valence-electron chi connectivity index (χ1n) is 6.53. The topological polar surface area (TPSA) is 66.4 Å². The first-order chi connectivity index (χ1) is 9.63. The minimum Gasteiger partial charge on any atom is -0.384 e. The molecule has 0 fully saturated rings. The van der Waals surface area contributed by atoms with Crippen LogP contribution in [0.15, 0.2) is 18.2 Å². The number of halogens is 1. The van der Waals surface area contributed by atoms with Crippen molar-refractivity contribution in [1.82, 2.24) is 0 Å². The molecule has 0 amide bonds. The third-order valence-corrected chi connectivity index (χ3v) is 4.27. The second kappa shape index (κ2) is 7.17. The summed E-state index contributed by atoms with van der Waals surface area (Å²) in [4.78, 5) is 0. The highest BCUT2D eigenvalue weighted by molar-refractivity contribution is 7.92. The monoisotopic (exact) mass is 329 g/mol. The van der Waals surface area contributed by atoms with E-state index < -0.39 is 10.0 Å². The zero-order valence-electron chi connectivity index (χ0n) is 12.4. The van der Waals surface area contributed by atoms with Gasteiger partial charge in [0.2, 0.25) is 10.0 Å². The van der Waals surface area contributed by atoms with E-state index in [1.54, 1.807) is 18.2 Å². The highest BCUT2D eigenvalue weighted by Gasteiger charge is 2.18. The molecule has 0 aliphatic carbocycles. The number of anilines is 1. The molecule has 0 aliphatic rings. The quantitative estimate of drug-likeness (QED) is 0.835. The van der Waals surface area contributed by atoms with Crippen molar-refractivity contribution in [2.24, 2.45) is 5.41 Å². The number of hydrogen-bond acceptors (Lipinski definition) is 3. The molecule has 0 radical (unpaired) electrons. The van der Waals surface area contributed by atoms with Crippen LogP contribution in [-0.2, 0) is 10.0 Å². The van der Waals surface area contributed by atoms with E-state index in [0.29, 0.717) is 22.7 Å². The van der Waals surface area contributed by atoms with Crippen LogP contribution in [0.1, 0.15) is 32.8 Å². The molecule has 0 spiro atoms. The molecule has 116 valence electrons. The second-order valence-electron chi connectivity index (χ2n) is 5.89. The van der Waals surface area contributed by atoms with Crippen LogP contribution in [0.3, 0.4) is 0 Å². The minimum atomic E-state index is -3.46. The van der Waals surface area contributed by atoms with Crippen LogP contribution < -0.4 is 4.72 Å². The number of aliphatic hydroxyl groups is 1. The Labute approximate surface area is 131 Å². The summed E-state index contributed by atoms with van der Waals surface area (Å²) in [6.07, 6.45) is 0.546. The zero-order chi connectivity index (χ0) is 16.1. The van der Waals surface area contributed by atoms with Gasteiger partial charge in [0.15, 0.2) is 0 Å². The number of hydrogen-bond donors (Lipinski definition) is 2. The zero-order valence-corrected chi connectivity index (χ0v) is 14.0. The van der Waals surface area contributed by atoms with Gasteiger partial charge in [-0.15, -0.1) is 0 Å². The molecule has 4 nitrogen and oxygen atoms in total. The SMILES string of the molecule is CC(C)(C)CCS(=O)(=O)Nc1cc(C#CCO)ccc1Cl. The Morgan fingerprint density at radius 1 is 1.33 bits per heavy atom. The molecule has 1 aromatic carbocycles. The van der Waals surface area contributed by atoms with Gasteiger partial charge in [0, 0.05) is 5.56 Å². The van der Waals surface area contributed by atoms with Gasteiger partial charge in [-0.05, 0) is 30.0 Å². The second-order valence-corrected chi connectivity index (χ2v) is 8.14. The molecular weight excluding hydrogens is 310 g/mol. The summed E-state index contributed by atoms with van der Waals surface area (Å²) in [6, 6.07) is 4.79. The maximum atomic E-state index is 12.1. The summed E-state index contributed by atoms with van der Waals surface area (Å²) in [5.41, 5.74) is 0.824. The van der Waals surface area contributed by atoms with E-state index in [0.717, 1.165) is 0 Å². The van der Waals surface area contributed by atoms with Gasteiger partial charge in [0.25, 0.3) is 0 Å². The smallest absolute Gasteiger partial charge is 0.232 e. The van der Waals surface area contributed by atoms with Crippen molar-refractivity contribution in [3.05, 3.63) is 28.8 Å². The number of aliphatic hydroxyl groups excluding tert-OH is 1. The number of nitrogens with one attached hydrogen (secondary N) is 1. The lowest BCUT2D eigenvalue weighted by Crippen LogP contribution is -2.21. The summed E-state index contributed by atoms with van der Waals surface area (Å²) in [6.45, 7) is 5.71. The van der Waals surface area contributed by atoms with Crippen molar-refractivity contribution in [2.45, 2.75) is 27.2 Å². The summed E-state index contributed by atoms with van der Waals surface area (Å²) in [7, 11) is -3.46. The van der Waals surface area contributed by atoms with E-state index in [2.05, 4.69) is 16.6 Å². The van der Waals surface area contributed by atoms with Crippen molar-refractivity contribution in [3.8, 4) is 11.8 Å². The average Bonchev–Trinajstić information content (AvgIpc) is 2.36. The van der Waals surface area contributed by atoms with E-state index in [-0.39, 0.29) is 17.8 Å². The molecule has 0 saturated heterocycles. The normalized spacial score (nSPS) is 11.7. The van der Waals surface area contributed by atoms with Gasteiger partial charge in [-0.3, -0.25) is 4.72 Å². The molecule has 6 heteroatoms. The summed E-state index contributed by atoms with van der Waals surface area (Å²) in [5, 5.41) is 8.98. The highest BCUT2D eigenvalue weighted by atomic mass is 35.5. The van der Waals surface area contributed by atoms with Crippen molar-refractivity contribution >= 4 is 27.3 Å². The van der Waals surface area contributed by atoms with Crippen molar-refractivity contribution in [3.63, 3.8) is 0 Å². The first kappa shape index (κ1) is 17.8. The molecule has 2 N–H and O–H groups in total. The fourth-order valence-electron chi connectivity index (χ4n) is 1.48. The Balaban J connectivity index is 2.91. The van der Waals surface area contributed by atoms with Crippen LogP contribution in [-0.4, -0.2) is 25.9 Å². The molecule has 0 atom stereocenters. The molecule has 1 aromatic rings. The van der Waals surface area contributed by atoms with Crippen LogP contribution in [0.25, 0.3) is 0 Å². The van der Waals surface area contributed by atoms with Gasteiger partial charge < -0.3 is 5.11 Å². The standard InChI is InChI=1S/C15H20ClNO3S/c1-15(2,3)8-10-21(19,20)17-14-11-12(5-4-9-18)6-7-13(14)16/h6-7,11,17-18H,8-10H2,1-3H3. The lowest BCUT2D eigenvalue weighted by molar-refractivity contribution is 0.350. The Hall–Kier alpha value is -1.22. The van der Waals surface area contributed by atoms with Gasteiger partial charge in [0.05, 0.1) is 16.5 Å². The molecule has 0 heterocycles. The number of sulfonamides is 1. The van der Waals surface area contributed by atoms with Crippen LogP contribution in [0.4, 0.5) is 5.69 Å². The average molecular weight is 330 g/mol. The maximum Gasteiger partial charge on any atom is 0.232 e. The minimum absolute atomic E-state index is 0.0272. The van der Waals surface area contributed by atoms with Crippen molar-refractivity contribution in [1.29, 1.82) is 0 Å². The molecule has 0 unspecified atom stereocenters. The summed E-state index contributed by atoms with van der Waals surface area (Å²) < 4.78 is 26.6. The predicted octanol–water partition coefficient (Wildman–Crippen LogP) is 2.86. The Morgan fingerprint density at radius 3 is 2.57 bits per heavy atom. The molecule has 21 heavy (non-hydrogen) atoms. The lowest BCUT2D eigenvalue weighted by atomic mass is 9.94. The van der Waals surface area contributed by atoms with Crippen molar-refractivity contribution < 1.29 is 13.5 Å². The van der Waals surface area contributed by atoms with E-state index in [1.807, 2.05) is 20.8 Å². The molecule has 1 rings (SSSR count). The van der Waals surface area contributed by atoms with Gasteiger partial charge in [0.1, 0.15) is 6.61 Å². The van der Waals surface area contributed by atoms with Crippen LogP contribution >= 0.6 is 11.6 Å². The third kappa shape index (κ3) is 6.85. The fraction of sp³-hybridized carbons (Fsp3) is 0.467. The summed E-state index contributed by atoms with van der Waals surface area (Å²) >= 11 is 6.00. The molecule has 0 saturated carbocycles. The van der Waals surface area contributed by atoms with Gasteiger partial charge in [-0.2, -0.15) is 0 Å². The number of benzene rings is 1. The van der Waals surface area contributed by atoms with E-state index in [1.165, 1.54) is 0 Å². The van der Waals surface area contributed by atoms with Gasteiger partial charge in [-0.25, -0.2) is 8.42 Å². The van der Waals surface area contributed by atoms with Crippen LogP contribution in [0.5, 0.6) is 0 Å². The molecule has 0 bridgehead atoms. The van der Waals surface area contributed by atoms with E-state index in [9.17, 15) is 8.42 Å². The van der Waals surface area contributed by atoms with E-state index in [4.69, 9.17) is 16.7 Å². The van der Waals surface area contributed by atoms with Crippen LogP contribution in [0, 0.1) is 17.3 Å². The van der Waals surface area contributed by atoms with Crippen molar-refractivity contribution in [2.75, 3.05) is 17.1 Å². The lowest BCUT2D eigenvalue weighted by Gasteiger charge is -2.18. The molecule has 0 aliphatic heterocycles. The maximum absolute atomic E-state index is 12.1. The Bertz CT molecular complexity index is 652. The Morgan fingerprint density at radius 2 is 2.00 bits per heavy atom. The largest absolute Gasteiger partial charge is 0.384 e. The predicted molar refractivity (Wildman–Crippen MR) is 86.9 cm³/mol. The third-order valence-electron chi connectivity index (χ3n) is 2.66. The molecular formula is C15H20ClNO3S. The number of rotatable bonds is 4. The van der Waals surface area contributed by atoms with Crippen LogP contribution in [0.2, 0.25) is 5.02 Å².